The van der Waals surface area contributed by atoms with E-state index in [1.165, 1.54) is 6.07 Å². The van der Waals surface area contributed by atoms with Gasteiger partial charge in [0.05, 0.1) is 11.3 Å². The molecule has 2 aromatic rings. The highest BCUT2D eigenvalue weighted by Gasteiger charge is 2.10. The Labute approximate surface area is 116 Å². The average molecular weight is 276 g/mol. The number of carbonyl (C=O) groups is 1. The molecule has 0 heterocycles. The maximum absolute atomic E-state index is 11.2. The van der Waals surface area contributed by atoms with Crippen molar-refractivity contribution in [2.24, 2.45) is 0 Å². The number of hydrogen-bond acceptors (Lipinski definition) is 2. The highest BCUT2D eigenvalue weighted by atomic mass is 35.5. The van der Waals surface area contributed by atoms with E-state index in [0.717, 1.165) is 16.8 Å². The van der Waals surface area contributed by atoms with E-state index in [4.69, 9.17) is 16.7 Å². The summed E-state index contributed by atoms with van der Waals surface area (Å²) in [7, 11) is 0. The molecule has 0 aromatic heterocycles. The first-order valence-electron chi connectivity index (χ1n) is 5.84. The molecule has 0 atom stereocenters. The van der Waals surface area contributed by atoms with Crippen molar-refractivity contribution >= 4 is 28.9 Å². The van der Waals surface area contributed by atoms with Crippen molar-refractivity contribution in [2.45, 2.75) is 13.8 Å². The lowest BCUT2D eigenvalue weighted by atomic mass is 10.1. The van der Waals surface area contributed by atoms with Gasteiger partial charge < -0.3 is 10.4 Å². The molecule has 0 unspecified atom stereocenters. The molecule has 19 heavy (non-hydrogen) atoms. The van der Waals surface area contributed by atoms with Crippen LogP contribution >= 0.6 is 11.6 Å². The largest absolute Gasteiger partial charge is 0.478 e. The van der Waals surface area contributed by atoms with E-state index in [-0.39, 0.29) is 5.56 Å². The predicted molar refractivity (Wildman–Crippen MR) is 77.6 cm³/mol. The number of halogens is 1. The molecule has 2 N–H and O–H groups in total. The molecule has 0 aliphatic heterocycles. The van der Waals surface area contributed by atoms with E-state index in [0.29, 0.717) is 10.7 Å². The minimum atomic E-state index is -0.983. The number of aromatic carboxylic acids is 1. The summed E-state index contributed by atoms with van der Waals surface area (Å²) in [6.07, 6.45) is 0. The van der Waals surface area contributed by atoms with Gasteiger partial charge in [0.1, 0.15) is 0 Å². The van der Waals surface area contributed by atoms with Crippen LogP contribution < -0.4 is 5.32 Å². The van der Waals surface area contributed by atoms with Crippen LogP contribution in [0.1, 0.15) is 21.5 Å². The molecule has 98 valence electrons. The Morgan fingerprint density at radius 3 is 2.32 bits per heavy atom. The summed E-state index contributed by atoms with van der Waals surface area (Å²) in [5.74, 6) is -0.983. The summed E-state index contributed by atoms with van der Waals surface area (Å²) in [6.45, 7) is 3.99. The summed E-state index contributed by atoms with van der Waals surface area (Å²) >= 11 is 5.92. The summed E-state index contributed by atoms with van der Waals surface area (Å²) in [5.41, 5.74) is 3.76. The quantitative estimate of drug-likeness (QED) is 0.873. The molecule has 0 radical (unpaired) electrons. The first-order valence-corrected chi connectivity index (χ1v) is 6.21. The Morgan fingerprint density at radius 1 is 1.11 bits per heavy atom. The SMILES string of the molecule is Cc1cc(C)cc(Nc2cc(Cl)ccc2C(=O)O)c1. The van der Waals surface area contributed by atoms with Gasteiger partial charge in [0.15, 0.2) is 0 Å². The van der Waals surface area contributed by atoms with E-state index >= 15 is 0 Å². The van der Waals surface area contributed by atoms with Gasteiger partial charge in [-0.2, -0.15) is 0 Å². The van der Waals surface area contributed by atoms with Crippen molar-refractivity contribution < 1.29 is 9.90 Å². The molecule has 4 heteroatoms. The van der Waals surface area contributed by atoms with Crippen LogP contribution in [0.5, 0.6) is 0 Å². The van der Waals surface area contributed by atoms with Crippen molar-refractivity contribution in [3.05, 3.63) is 58.1 Å². The van der Waals surface area contributed by atoms with Gasteiger partial charge in [0, 0.05) is 10.7 Å². The molecule has 3 nitrogen and oxygen atoms in total. The standard InChI is InChI=1S/C15H14ClNO2/c1-9-5-10(2)7-12(6-9)17-14-8-11(16)3-4-13(14)15(18)19/h3-8,17H,1-2H3,(H,18,19). The smallest absolute Gasteiger partial charge is 0.337 e. The van der Waals surface area contributed by atoms with Gasteiger partial charge in [-0.25, -0.2) is 4.79 Å². The molecule has 0 aliphatic carbocycles. The van der Waals surface area contributed by atoms with Crippen molar-refractivity contribution in [1.29, 1.82) is 0 Å². The van der Waals surface area contributed by atoms with Crippen LogP contribution in [0.2, 0.25) is 5.02 Å². The minimum absolute atomic E-state index is 0.198. The fraction of sp³-hybridized carbons (Fsp3) is 0.133. The average Bonchev–Trinajstić information content (AvgIpc) is 2.26. The maximum atomic E-state index is 11.2. The van der Waals surface area contributed by atoms with Crippen LogP contribution in [0, 0.1) is 13.8 Å². The van der Waals surface area contributed by atoms with Crippen molar-refractivity contribution in [2.75, 3.05) is 5.32 Å². The monoisotopic (exact) mass is 275 g/mol. The third-order valence-corrected chi connectivity index (χ3v) is 2.95. The van der Waals surface area contributed by atoms with E-state index < -0.39 is 5.97 Å². The Kier molecular flexibility index (Phi) is 3.76. The van der Waals surface area contributed by atoms with Gasteiger partial charge in [0.2, 0.25) is 0 Å². The van der Waals surface area contributed by atoms with Gasteiger partial charge in [-0.1, -0.05) is 17.7 Å². The molecule has 0 bridgehead atoms. The van der Waals surface area contributed by atoms with Crippen LogP contribution in [0.4, 0.5) is 11.4 Å². The van der Waals surface area contributed by atoms with Gasteiger partial charge in [-0.15, -0.1) is 0 Å². The summed E-state index contributed by atoms with van der Waals surface area (Å²) < 4.78 is 0. The number of rotatable bonds is 3. The molecule has 0 saturated heterocycles. The molecule has 0 fully saturated rings. The van der Waals surface area contributed by atoms with Crippen molar-refractivity contribution in [3.8, 4) is 0 Å². The zero-order chi connectivity index (χ0) is 14.0. The van der Waals surface area contributed by atoms with E-state index in [1.807, 2.05) is 26.0 Å². The second kappa shape index (κ2) is 5.33. The summed E-state index contributed by atoms with van der Waals surface area (Å²) in [4.78, 5) is 11.2. The lowest BCUT2D eigenvalue weighted by molar-refractivity contribution is 0.0698. The lowest BCUT2D eigenvalue weighted by Crippen LogP contribution is -2.02. The highest BCUT2D eigenvalue weighted by molar-refractivity contribution is 6.31. The highest BCUT2D eigenvalue weighted by Crippen LogP contribution is 2.26. The summed E-state index contributed by atoms with van der Waals surface area (Å²) in [6, 6.07) is 10.6. The zero-order valence-corrected chi connectivity index (χ0v) is 11.5. The third-order valence-electron chi connectivity index (χ3n) is 2.71. The molecule has 0 aliphatic rings. The number of hydrogen-bond donors (Lipinski definition) is 2. The molecule has 0 amide bonds. The van der Waals surface area contributed by atoms with E-state index in [9.17, 15) is 4.79 Å². The Morgan fingerprint density at radius 2 is 1.74 bits per heavy atom. The normalized spacial score (nSPS) is 10.3. The Hall–Kier alpha value is -2.00. The lowest BCUT2D eigenvalue weighted by Gasteiger charge is -2.11. The number of benzene rings is 2. The van der Waals surface area contributed by atoms with Crippen LogP contribution in [-0.2, 0) is 0 Å². The molecular weight excluding hydrogens is 262 g/mol. The first kappa shape index (κ1) is 13.4. The fourth-order valence-corrected chi connectivity index (χ4v) is 2.18. The second-order valence-electron chi connectivity index (χ2n) is 4.50. The second-order valence-corrected chi connectivity index (χ2v) is 4.93. The fourth-order valence-electron chi connectivity index (χ4n) is 2.01. The predicted octanol–water partition coefficient (Wildman–Crippen LogP) is 4.40. The van der Waals surface area contributed by atoms with E-state index in [2.05, 4.69) is 11.4 Å². The topological polar surface area (TPSA) is 49.3 Å². The van der Waals surface area contributed by atoms with Crippen LogP contribution in [-0.4, -0.2) is 11.1 Å². The maximum Gasteiger partial charge on any atom is 0.337 e. The molecular formula is C15H14ClNO2. The number of aryl methyl sites for hydroxylation is 2. The number of carboxylic acids is 1. The first-order chi connectivity index (χ1) is 8.95. The summed E-state index contributed by atoms with van der Waals surface area (Å²) in [5, 5.41) is 12.8. The van der Waals surface area contributed by atoms with Crippen molar-refractivity contribution in [3.63, 3.8) is 0 Å². The number of nitrogens with one attached hydrogen (secondary N) is 1. The Balaban J connectivity index is 2.42. The third kappa shape index (κ3) is 3.26. The van der Waals surface area contributed by atoms with Gasteiger partial charge >= 0.3 is 5.97 Å². The molecule has 0 saturated carbocycles. The van der Waals surface area contributed by atoms with Gasteiger partial charge in [-0.05, 0) is 55.3 Å². The van der Waals surface area contributed by atoms with E-state index in [1.54, 1.807) is 12.1 Å². The minimum Gasteiger partial charge on any atom is -0.478 e. The Bertz CT molecular complexity index is 618. The van der Waals surface area contributed by atoms with Gasteiger partial charge in [0.25, 0.3) is 0 Å². The molecule has 0 spiro atoms. The number of anilines is 2. The number of carboxylic acid groups (broad SMARTS) is 1. The van der Waals surface area contributed by atoms with Crippen LogP contribution in [0.25, 0.3) is 0 Å². The zero-order valence-electron chi connectivity index (χ0n) is 10.7. The molecule has 2 aromatic carbocycles. The van der Waals surface area contributed by atoms with Crippen LogP contribution in [0.3, 0.4) is 0 Å². The van der Waals surface area contributed by atoms with Crippen LogP contribution in [0.15, 0.2) is 36.4 Å². The van der Waals surface area contributed by atoms with Crippen molar-refractivity contribution in [1.82, 2.24) is 0 Å². The molecule has 2 rings (SSSR count). The van der Waals surface area contributed by atoms with Gasteiger partial charge in [-0.3, -0.25) is 0 Å².